The van der Waals surface area contributed by atoms with Crippen LogP contribution in [0.3, 0.4) is 0 Å². The third-order valence-electron chi connectivity index (χ3n) is 7.17. The Balaban J connectivity index is 1.44. The first-order valence-corrected chi connectivity index (χ1v) is 13.1. The number of aryl methyl sites for hydroxylation is 1. The van der Waals surface area contributed by atoms with Crippen molar-refractivity contribution in [3.8, 4) is 11.3 Å². The van der Waals surface area contributed by atoms with Crippen molar-refractivity contribution in [2.45, 2.75) is 70.4 Å². The number of carbonyl (C=O) groups is 1. The number of alkyl halides is 4. The molecule has 40 heavy (non-hydrogen) atoms. The van der Waals surface area contributed by atoms with Crippen LogP contribution in [0.2, 0.25) is 0 Å². The molecule has 1 aromatic carbocycles. The van der Waals surface area contributed by atoms with Crippen molar-refractivity contribution in [3.05, 3.63) is 88.4 Å². The van der Waals surface area contributed by atoms with Gasteiger partial charge in [0.05, 0.1) is 11.7 Å². The van der Waals surface area contributed by atoms with Crippen LogP contribution in [0.15, 0.2) is 60.1 Å². The summed E-state index contributed by atoms with van der Waals surface area (Å²) in [7, 11) is 0. The normalized spacial score (nSPS) is 18.0. The van der Waals surface area contributed by atoms with E-state index in [0.717, 1.165) is 21.9 Å². The average Bonchev–Trinajstić information content (AvgIpc) is 3.27. The van der Waals surface area contributed by atoms with Gasteiger partial charge in [0.2, 0.25) is 5.91 Å². The molecule has 210 valence electrons. The monoisotopic (exact) mass is 557 g/mol. The predicted octanol–water partition coefficient (Wildman–Crippen LogP) is 6.32. The maximum Gasteiger partial charge on any atom is 0.435 e. The predicted molar refractivity (Wildman–Crippen MR) is 138 cm³/mol. The molecule has 0 aliphatic heterocycles. The van der Waals surface area contributed by atoms with Crippen molar-refractivity contribution in [1.29, 1.82) is 0 Å². The van der Waals surface area contributed by atoms with Crippen LogP contribution in [0.1, 0.15) is 60.1 Å². The summed E-state index contributed by atoms with van der Waals surface area (Å²) in [5, 5.41) is 6.56. The molecule has 0 spiro atoms. The zero-order valence-corrected chi connectivity index (χ0v) is 21.8. The molecule has 2 atom stereocenters. The van der Waals surface area contributed by atoms with Crippen LogP contribution in [0, 0.1) is 6.92 Å². The Morgan fingerprint density at radius 3 is 2.70 bits per heavy atom. The quantitative estimate of drug-likeness (QED) is 0.346. The highest BCUT2D eigenvalue weighted by Gasteiger charge is 2.39. The molecule has 3 aromatic rings. The number of rotatable bonds is 7. The molecule has 0 radical (unpaired) electrons. The average molecular weight is 558 g/mol. The van der Waals surface area contributed by atoms with Gasteiger partial charge in [-0.1, -0.05) is 29.8 Å². The molecular formula is C29H28F5N5O. The molecule has 0 saturated heterocycles. The topological polar surface area (TPSA) is 72.7 Å². The Hall–Kier alpha value is -3.89. The van der Waals surface area contributed by atoms with E-state index in [9.17, 15) is 26.7 Å². The van der Waals surface area contributed by atoms with Crippen molar-refractivity contribution >= 4 is 5.91 Å². The van der Waals surface area contributed by atoms with Gasteiger partial charge >= 0.3 is 6.18 Å². The summed E-state index contributed by atoms with van der Waals surface area (Å²) >= 11 is 0. The van der Waals surface area contributed by atoms with Crippen LogP contribution in [0.5, 0.6) is 0 Å². The summed E-state index contributed by atoms with van der Waals surface area (Å²) in [4.78, 5) is 22.2. The standard InChI is InChI=1S/C29H28F5N5O/c1-17-6-2-3-7-21(17)23-10-11-35-28(37-23)24(14-18-12-19(30)15-20(31)13-18)36-26(40)16-39-25-9-5-4-8-22(25)27(38-39)29(32,33)34/h2-3,6-7,10-12,15,20,24H,4-5,8-9,13-14,16H2,1H3,(H,36,40). The van der Waals surface area contributed by atoms with Gasteiger partial charge in [0.25, 0.3) is 0 Å². The van der Waals surface area contributed by atoms with Gasteiger partial charge in [0.15, 0.2) is 11.5 Å². The third kappa shape index (κ3) is 6.13. The number of hydrogen-bond acceptors (Lipinski definition) is 4. The number of fused-ring (bicyclic) bond motifs is 1. The number of allylic oxidation sites excluding steroid dienone is 3. The molecule has 6 nitrogen and oxygen atoms in total. The third-order valence-corrected chi connectivity index (χ3v) is 7.17. The summed E-state index contributed by atoms with van der Waals surface area (Å²) in [5.41, 5.74) is 2.44. The van der Waals surface area contributed by atoms with Gasteiger partial charge in [-0.05, 0) is 62.8 Å². The van der Waals surface area contributed by atoms with Crippen LogP contribution >= 0.6 is 0 Å². The summed E-state index contributed by atoms with van der Waals surface area (Å²) in [6.07, 6.45) is -0.539. The highest BCUT2D eigenvalue weighted by atomic mass is 19.4. The van der Waals surface area contributed by atoms with Gasteiger partial charge in [-0.15, -0.1) is 0 Å². The molecule has 1 N–H and O–H groups in total. The molecule has 2 aromatic heterocycles. The van der Waals surface area contributed by atoms with Gasteiger partial charge in [-0.2, -0.15) is 18.3 Å². The van der Waals surface area contributed by atoms with Crippen LogP contribution in [-0.2, 0) is 30.4 Å². The first-order chi connectivity index (χ1) is 19.1. The number of nitrogens with zero attached hydrogens (tertiary/aromatic N) is 4. The van der Waals surface area contributed by atoms with E-state index in [1.165, 1.54) is 12.3 Å². The fourth-order valence-electron chi connectivity index (χ4n) is 5.35. The van der Waals surface area contributed by atoms with Crippen LogP contribution < -0.4 is 5.32 Å². The minimum absolute atomic E-state index is 0.0235. The minimum Gasteiger partial charge on any atom is -0.344 e. The number of carbonyl (C=O) groups excluding carboxylic acids is 1. The summed E-state index contributed by atoms with van der Waals surface area (Å²) < 4.78 is 70.1. The van der Waals surface area contributed by atoms with Crippen LogP contribution in [0.4, 0.5) is 22.0 Å². The maximum absolute atomic E-state index is 14.1. The molecule has 2 aliphatic carbocycles. The van der Waals surface area contributed by atoms with E-state index in [1.54, 1.807) is 6.07 Å². The molecule has 0 bridgehead atoms. The zero-order chi connectivity index (χ0) is 28.4. The summed E-state index contributed by atoms with van der Waals surface area (Å²) in [5.74, 6) is -1.10. The fourth-order valence-corrected chi connectivity index (χ4v) is 5.35. The Kier molecular flexibility index (Phi) is 7.82. The zero-order valence-electron chi connectivity index (χ0n) is 21.8. The van der Waals surface area contributed by atoms with E-state index in [1.807, 2.05) is 31.2 Å². The van der Waals surface area contributed by atoms with Gasteiger partial charge in [0, 0.05) is 29.4 Å². The van der Waals surface area contributed by atoms with Crippen LogP contribution in [0.25, 0.3) is 11.3 Å². The molecule has 2 unspecified atom stereocenters. The molecular weight excluding hydrogens is 529 g/mol. The van der Waals surface area contributed by atoms with E-state index in [4.69, 9.17) is 0 Å². The Labute approximate surface area is 228 Å². The van der Waals surface area contributed by atoms with E-state index >= 15 is 0 Å². The lowest BCUT2D eigenvalue weighted by Gasteiger charge is -2.22. The van der Waals surface area contributed by atoms with Crippen molar-refractivity contribution < 1.29 is 26.7 Å². The lowest BCUT2D eigenvalue weighted by molar-refractivity contribution is -0.142. The highest BCUT2D eigenvalue weighted by Crippen LogP contribution is 2.36. The molecule has 2 aliphatic rings. The summed E-state index contributed by atoms with van der Waals surface area (Å²) in [6.45, 7) is 1.49. The van der Waals surface area contributed by atoms with E-state index in [-0.39, 0.29) is 30.7 Å². The molecule has 2 heterocycles. The second kappa shape index (κ2) is 11.3. The molecule has 11 heteroatoms. The fraction of sp³-hybridized carbons (Fsp3) is 0.379. The number of aromatic nitrogens is 4. The second-order valence-corrected chi connectivity index (χ2v) is 10.1. The molecule has 1 amide bonds. The Bertz CT molecular complexity index is 1480. The van der Waals surface area contributed by atoms with E-state index < -0.39 is 42.4 Å². The van der Waals surface area contributed by atoms with Gasteiger partial charge in [0.1, 0.15) is 18.5 Å². The number of halogens is 5. The minimum atomic E-state index is -4.62. The highest BCUT2D eigenvalue weighted by molar-refractivity contribution is 5.76. The number of benzene rings is 1. The first kappa shape index (κ1) is 27.7. The molecule has 5 rings (SSSR count). The number of hydrogen-bond donors (Lipinski definition) is 1. The van der Waals surface area contributed by atoms with Crippen molar-refractivity contribution in [3.63, 3.8) is 0 Å². The number of nitrogens with one attached hydrogen (secondary N) is 1. The maximum atomic E-state index is 14.1. The smallest absolute Gasteiger partial charge is 0.344 e. The first-order valence-electron chi connectivity index (χ1n) is 13.1. The Morgan fingerprint density at radius 2 is 1.95 bits per heavy atom. The lowest BCUT2D eigenvalue weighted by atomic mass is 9.95. The van der Waals surface area contributed by atoms with Crippen molar-refractivity contribution in [1.82, 2.24) is 25.1 Å². The van der Waals surface area contributed by atoms with E-state index in [2.05, 4.69) is 20.4 Å². The largest absolute Gasteiger partial charge is 0.435 e. The van der Waals surface area contributed by atoms with Gasteiger partial charge in [-0.25, -0.2) is 18.7 Å². The Morgan fingerprint density at radius 1 is 1.18 bits per heavy atom. The van der Waals surface area contributed by atoms with Crippen LogP contribution in [-0.4, -0.2) is 31.8 Å². The van der Waals surface area contributed by atoms with E-state index in [0.29, 0.717) is 36.2 Å². The summed E-state index contributed by atoms with van der Waals surface area (Å²) in [6, 6.07) is 8.43. The SMILES string of the molecule is Cc1ccccc1-c1ccnc(C(CC2=CC(F)=CC(F)C2)NC(=O)Cn2nc(C(F)(F)F)c3c2CCCC3)n1. The van der Waals surface area contributed by atoms with Crippen molar-refractivity contribution in [2.75, 3.05) is 0 Å². The second-order valence-electron chi connectivity index (χ2n) is 10.1. The van der Waals surface area contributed by atoms with Crippen molar-refractivity contribution in [2.24, 2.45) is 0 Å². The van der Waals surface area contributed by atoms with Gasteiger partial charge < -0.3 is 5.32 Å². The molecule has 0 saturated carbocycles. The van der Waals surface area contributed by atoms with Gasteiger partial charge in [-0.3, -0.25) is 9.48 Å². The molecule has 0 fully saturated rings. The number of amides is 1. The lowest BCUT2D eigenvalue weighted by Crippen LogP contribution is -2.34.